The lowest BCUT2D eigenvalue weighted by Crippen LogP contribution is -2.13. The van der Waals surface area contributed by atoms with Gasteiger partial charge in [-0.05, 0) is 18.2 Å². The number of aromatic nitrogens is 2. The first kappa shape index (κ1) is 18.3. The second-order valence-electron chi connectivity index (χ2n) is 4.90. The molecular weight excluding hydrogens is 369 g/mol. The summed E-state index contributed by atoms with van der Waals surface area (Å²) < 4.78 is 67.0. The Morgan fingerprint density at radius 3 is 2.58 bits per heavy atom. The number of halogens is 4. The van der Waals surface area contributed by atoms with Crippen LogP contribution in [-0.4, -0.2) is 43.3 Å². The van der Waals surface area contributed by atoms with Crippen LogP contribution in [0.25, 0.3) is 5.82 Å². The van der Waals surface area contributed by atoms with Crippen molar-refractivity contribution >= 4 is 28.0 Å². The van der Waals surface area contributed by atoms with Crippen molar-refractivity contribution in [3.8, 4) is 5.82 Å². The zero-order valence-electron chi connectivity index (χ0n) is 12.5. The molecule has 0 fully saturated rings. The van der Waals surface area contributed by atoms with Crippen molar-refractivity contribution in [3.63, 3.8) is 0 Å². The molecule has 2 rings (SSSR count). The highest BCUT2D eigenvalue weighted by molar-refractivity contribution is 7.90. The number of pyridine rings is 1. The molecule has 0 spiro atoms. The first-order chi connectivity index (χ1) is 11.0. The minimum Gasteiger partial charge on any atom is -0.368 e. The molecule has 2 aromatic heterocycles. The summed E-state index contributed by atoms with van der Waals surface area (Å²) in [6.45, 7) is 0. The van der Waals surface area contributed by atoms with Crippen LogP contribution in [0.3, 0.4) is 0 Å². The third-order valence-electron chi connectivity index (χ3n) is 2.77. The fraction of sp³-hybridized carbons (Fsp3) is 0.231. The van der Waals surface area contributed by atoms with Gasteiger partial charge in [0.25, 0.3) is 10.0 Å². The lowest BCUT2D eigenvalue weighted by molar-refractivity contribution is -0.137. The molecule has 0 amide bonds. The summed E-state index contributed by atoms with van der Waals surface area (Å²) in [6, 6.07) is 3.33. The minimum atomic E-state index is -4.60. The second-order valence-corrected chi connectivity index (χ2v) is 6.89. The summed E-state index contributed by atoms with van der Waals surface area (Å²) >= 11 is 5.85. The van der Waals surface area contributed by atoms with Gasteiger partial charge < -0.3 is 4.90 Å². The van der Waals surface area contributed by atoms with Crippen LogP contribution in [0.2, 0.25) is 5.02 Å². The minimum absolute atomic E-state index is 0.145. The topological polar surface area (TPSA) is 67.6 Å². The Labute approximate surface area is 141 Å². The summed E-state index contributed by atoms with van der Waals surface area (Å²) in [4.78, 5) is 5.07. The second kappa shape index (κ2) is 6.44. The maximum atomic E-state index is 12.7. The SMILES string of the molecule is CN(C)C=NS(=O)(=O)c1cccn1-c1ncc(C(F)(F)F)cc1Cl. The fourth-order valence-electron chi connectivity index (χ4n) is 1.72. The van der Waals surface area contributed by atoms with Crippen LogP contribution in [-0.2, 0) is 16.2 Å². The molecule has 0 radical (unpaired) electrons. The van der Waals surface area contributed by atoms with Crippen molar-refractivity contribution in [1.29, 1.82) is 0 Å². The van der Waals surface area contributed by atoms with E-state index in [2.05, 4.69) is 9.38 Å². The molecule has 6 nitrogen and oxygen atoms in total. The molecule has 0 N–H and O–H groups in total. The maximum Gasteiger partial charge on any atom is 0.417 e. The van der Waals surface area contributed by atoms with Crippen molar-refractivity contribution in [1.82, 2.24) is 14.5 Å². The molecule has 0 aromatic carbocycles. The first-order valence-electron chi connectivity index (χ1n) is 6.40. The van der Waals surface area contributed by atoms with E-state index in [1.165, 1.54) is 23.2 Å². The van der Waals surface area contributed by atoms with Crippen LogP contribution in [0, 0.1) is 0 Å². The highest BCUT2D eigenvalue weighted by atomic mass is 35.5. The Bertz CT molecular complexity index is 876. The third kappa shape index (κ3) is 3.88. The molecular formula is C13H12ClF3N4O2S. The Morgan fingerprint density at radius 2 is 2.04 bits per heavy atom. The largest absolute Gasteiger partial charge is 0.417 e. The molecule has 0 aliphatic carbocycles. The van der Waals surface area contributed by atoms with Gasteiger partial charge in [0.1, 0.15) is 6.34 Å². The smallest absolute Gasteiger partial charge is 0.368 e. The van der Waals surface area contributed by atoms with Gasteiger partial charge in [-0.25, -0.2) is 4.98 Å². The van der Waals surface area contributed by atoms with Crippen LogP contribution in [0.5, 0.6) is 0 Å². The van der Waals surface area contributed by atoms with Gasteiger partial charge in [0.15, 0.2) is 10.8 Å². The summed E-state index contributed by atoms with van der Waals surface area (Å²) in [7, 11) is -0.897. The molecule has 0 saturated heterocycles. The average Bonchev–Trinajstić information content (AvgIpc) is 2.94. The van der Waals surface area contributed by atoms with E-state index in [9.17, 15) is 21.6 Å². The molecule has 130 valence electrons. The van der Waals surface area contributed by atoms with Gasteiger partial charge in [-0.15, -0.1) is 4.40 Å². The Hall–Kier alpha value is -2.07. The van der Waals surface area contributed by atoms with Crippen LogP contribution in [0.1, 0.15) is 5.56 Å². The third-order valence-corrected chi connectivity index (χ3v) is 4.28. The fourth-order valence-corrected chi connectivity index (χ4v) is 3.05. The molecule has 2 aromatic rings. The van der Waals surface area contributed by atoms with E-state index in [1.54, 1.807) is 14.1 Å². The Balaban J connectivity index is 2.52. The zero-order valence-corrected chi connectivity index (χ0v) is 14.1. The monoisotopic (exact) mass is 380 g/mol. The lowest BCUT2D eigenvalue weighted by atomic mass is 10.3. The number of sulfonamides is 1. The number of nitrogens with zero attached hydrogens (tertiary/aromatic N) is 4. The molecule has 2 heterocycles. The Morgan fingerprint density at radius 1 is 1.38 bits per heavy atom. The maximum absolute atomic E-state index is 12.7. The number of rotatable bonds is 4. The first-order valence-corrected chi connectivity index (χ1v) is 8.21. The van der Waals surface area contributed by atoms with E-state index in [1.807, 2.05) is 0 Å². The summed E-state index contributed by atoms with van der Waals surface area (Å²) in [6.07, 6.45) is -1.61. The van der Waals surface area contributed by atoms with Gasteiger partial charge in [-0.3, -0.25) is 4.57 Å². The average molecular weight is 381 g/mol. The van der Waals surface area contributed by atoms with Crippen molar-refractivity contribution in [3.05, 3.63) is 41.2 Å². The van der Waals surface area contributed by atoms with E-state index < -0.39 is 21.8 Å². The molecule has 11 heteroatoms. The quantitative estimate of drug-likeness (QED) is 0.604. The molecule has 0 aliphatic heterocycles. The van der Waals surface area contributed by atoms with Crippen LogP contribution in [0.4, 0.5) is 13.2 Å². The molecule has 0 atom stereocenters. The summed E-state index contributed by atoms with van der Waals surface area (Å²) in [5.74, 6) is -0.145. The summed E-state index contributed by atoms with van der Waals surface area (Å²) in [5.41, 5.74) is -1.03. The predicted molar refractivity (Wildman–Crippen MR) is 82.9 cm³/mol. The molecule has 24 heavy (non-hydrogen) atoms. The van der Waals surface area contributed by atoms with E-state index in [-0.39, 0.29) is 15.9 Å². The lowest BCUT2D eigenvalue weighted by Gasteiger charge is -2.12. The number of hydrogen-bond acceptors (Lipinski definition) is 3. The van der Waals surface area contributed by atoms with Crippen molar-refractivity contribution in [2.45, 2.75) is 11.2 Å². The van der Waals surface area contributed by atoms with E-state index in [4.69, 9.17) is 11.6 Å². The predicted octanol–water partition coefficient (Wildman–Crippen LogP) is 2.82. The molecule has 0 saturated carbocycles. The van der Waals surface area contributed by atoms with E-state index in [0.717, 1.165) is 10.9 Å². The molecule has 0 bridgehead atoms. The van der Waals surface area contributed by atoms with Gasteiger partial charge in [0, 0.05) is 26.5 Å². The zero-order chi connectivity index (χ0) is 18.1. The normalized spacial score (nSPS) is 12.8. The van der Waals surface area contributed by atoms with Crippen molar-refractivity contribution in [2.24, 2.45) is 4.40 Å². The van der Waals surface area contributed by atoms with Crippen molar-refractivity contribution in [2.75, 3.05) is 14.1 Å². The van der Waals surface area contributed by atoms with Crippen molar-refractivity contribution < 1.29 is 21.6 Å². The summed E-state index contributed by atoms with van der Waals surface area (Å²) in [5, 5.41) is -0.608. The van der Waals surface area contributed by atoms with Gasteiger partial charge in [-0.2, -0.15) is 21.6 Å². The number of alkyl halides is 3. The van der Waals surface area contributed by atoms with E-state index >= 15 is 0 Å². The van der Waals surface area contributed by atoms with Gasteiger partial charge in [0.05, 0.1) is 10.6 Å². The highest BCUT2D eigenvalue weighted by Gasteiger charge is 2.32. The van der Waals surface area contributed by atoms with Gasteiger partial charge in [-0.1, -0.05) is 11.6 Å². The van der Waals surface area contributed by atoms with Crippen LogP contribution >= 0.6 is 11.6 Å². The van der Waals surface area contributed by atoms with Crippen LogP contribution < -0.4 is 0 Å². The van der Waals surface area contributed by atoms with Crippen LogP contribution in [0.15, 0.2) is 40.0 Å². The molecule has 0 unspecified atom stereocenters. The van der Waals surface area contributed by atoms with Gasteiger partial charge >= 0.3 is 6.18 Å². The number of hydrogen-bond donors (Lipinski definition) is 0. The Kier molecular flexibility index (Phi) is 4.90. The molecule has 0 aliphatic rings. The van der Waals surface area contributed by atoms with Gasteiger partial charge in [0.2, 0.25) is 0 Å². The van der Waals surface area contributed by atoms with E-state index in [0.29, 0.717) is 12.3 Å². The highest BCUT2D eigenvalue weighted by Crippen LogP contribution is 2.32. The standard InChI is InChI=1S/C13H12ClF3N4O2S/c1-20(2)8-19-24(22,23)11-4-3-5-21(11)12-10(14)6-9(7-18-12)13(15,16)17/h3-8H,1-2H3.